The number of aryl methyl sites for hydroxylation is 1. The second kappa shape index (κ2) is 3.81. The van der Waals surface area contributed by atoms with Crippen molar-refractivity contribution in [3.8, 4) is 0 Å². The molecule has 1 aromatic rings. The predicted octanol–water partition coefficient (Wildman–Crippen LogP) is 2.24. The van der Waals surface area contributed by atoms with Gasteiger partial charge in [0.2, 0.25) is 5.95 Å². The van der Waals surface area contributed by atoms with Crippen molar-refractivity contribution < 1.29 is 13.2 Å². The smallest absolute Gasteiger partial charge is 0.354 e. The van der Waals surface area contributed by atoms with Crippen LogP contribution < -0.4 is 5.32 Å². The van der Waals surface area contributed by atoms with Crippen molar-refractivity contribution >= 4 is 5.95 Å². The van der Waals surface area contributed by atoms with Gasteiger partial charge in [-0.3, -0.25) is 0 Å². The molecular weight excluding hydrogens is 195 g/mol. The number of hydrogen-bond acceptors (Lipinski definition) is 3. The van der Waals surface area contributed by atoms with Crippen LogP contribution in [0.3, 0.4) is 0 Å². The predicted molar refractivity (Wildman–Crippen MR) is 45.9 cm³/mol. The number of anilines is 1. The van der Waals surface area contributed by atoms with E-state index in [-0.39, 0.29) is 11.6 Å². The highest BCUT2D eigenvalue weighted by Gasteiger charge is 2.33. The molecule has 3 nitrogen and oxygen atoms in total. The molecule has 78 valence electrons. The Morgan fingerprint density at radius 2 is 2.07 bits per heavy atom. The summed E-state index contributed by atoms with van der Waals surface area (Å²) in [5.41, 5.74) is -0.859. The molecule has 6 heteroatoms. The second-order valence-electron chi connectivity index (χ2n) is 2.72. The third kappa shape index (κ3) is 2.34. The standard InChI is InChI=1S/C8H10F3N3/c1-3-12-7-13-4-6(5(2)14-7)8(9,10)11/h4H,3H2,1-2H3,(H,12,13,14). The van der Waals surface area contributed by atoms with Gasteiger partial charge in [0.05, 0.1) is 11.3 Å². The zero-order chi connectivity index (χ0) is 10.8. The van der Waals surface area contributed by atoms with Crippen LogP contribution in [0.2, 0.25) is 0 Å². The number of nitrogens with one attached hydrogen (secondary N) is 1. The Hall–Kier alpha value is -1.33. The first kappa shape index (κ1) is 10.7. The quantitative estimate of drug-likeness (QED) is 0.804. The molecule has 1 aromatic heterocycles. The van der Waals surface area contributed by atoms with Crippen LogP contribution in [0.15, 0.2) is 6.20 Å². The molecule has 0 saturated carbocycles. The lowest BCUT2D eigenvalue weighted by Crippen LogP contribution is -2.12. The minimum Gasteiger partial charge on any atom is -0.354 e. The zero-order valence-electron chi connectivity index (χ0n) is 7.81. The third-order valence-corrected chi connectivity index (χ3v) is 1.62. The molecule has 14 heavy (non-hydrogen) atoms. The van der Waals surface area contributed by atoms with Crippen molar-refractivity contribution in [2.75, 3.05) is 11.9 Å². The largest absolute Gasteiger partial charge is 0.419 e. The normalized spacial score (nSPS) is 11.5. The molecule has 0 aliphatic carbocycles. The fourth-order valence-electron chi connectivity index (χ4n) is 0.989. The van der Waals surface area contributed by atoms with E-state index in [9.17, 15) is 13.2 Å². The van der Waals surface area contributed by atoms with Crippen molar-refractivity contribution in [2.24, 2.45) is 0 Å². The van der Waals surface area contributed by atoms with Crippen LogP contribution in [0, 0.1) is 6.92 Å². The summed E-state index contributed by atoms with van der Waals surface area (Å²) in [5.74, 6) is 0.220. The SMILES string of the molecule is CCNc1ncc(C(F)(F)F)c(C)n1. The van der Waals surface area contributed by atoms with Gasteiger partial charge >= 0.3 is 6.18 Å². The van der Waals surface area contributed by atoms with Gasteiger partial charge in [0.25, 0.3) is 0 Å². The number of aromatic nitrogens is 2. The van der Waals surface area contributed by atoms with Crippen LogP contribution in [0.25, 0.3) is 0 Å². The summed E-state index contributed by atoms with van der Waals surface area (Å²) in [7, 11) is 0. The van der Waals surface area contributed by atoms with Gasteiger partial charge in [-0.2, -0.15) is 13.2 Å². The maximum Gasteiger partial charge on any atom is 0.419 e. The molecule has 0 aliphatic heterocycles. The lowest BCUT2D eigenvalue weighted by molar-refractivity contribution is -0.138. The second-order valence-corrected chi connectivity index (χ2v) is 2.72. The van der Waals surface area contributed by atoms with E-state index < -0.39 is 11.7 Å². The third-order valence-electron chi connectivity index (χ3n) is 1.62. The lowest BCUT2D eigenvalue weighted by atomic mass is 10.2. The van der Waals surface area contributed by atoms with Gasteiger partial charge in [0.1, 0.15) is 0 Å². The molecule has 0 aliphatic rings. The van der Waals surface area contributed by atoms with E-state index >= 15 is 0 Å². The summed E-state index contributed by atoms with van der Waals surface area (Å²) >= 11 is 0. The zero-order valence-corrected chi connectivity index (χ0v) is 7.81. The molecule has 1 N–H and O–H groups in total. The first-order valence-corrected chi connectivity index (χ1v) is 4.10. The number of nitrogens with zero attached hydrogens (tertiary/aromatic N) is 2. The number of hydrogen-bond donors (Lipinski definition) is 1. The highest BCUT2D eigenvalue weighted by atomic mass is 19.4. The first-order chi connectivity index (χ1) is 6.45. The van der Waals surface area contributed by atoms with Crippen LogP contribution in [0.4, 0.5) is 19.1 Å². The van der Waals surface area contributed by atoms with Crippen LogP contribution in [-0.4, -0.2) is 16.5 Å². The topological polar surface area (TPSA) is 37.8 Å². The molecule has 0 unspecified atom stereocenters. The Bertz CT molecular complexity index is 322. The van der Waals surface area contributed by atoms with Crippen LogP contribution in [-0.2, 0) is 6.18 Å². The monoisotopic (exact) mass is 205 g/mol. The summed E-state index contributed by atoms with van der Waals surface area (Å²) in [4.78, 5) is 7.24. The van der Waals surface area contributed by atoms with Gasteiger partial charge in [-0.15, -0.1) is 0 Å². The van der Waals surface area contributed by atoms with Crippen LogP contribution >= 0.6 is 0 Å². The van der Waals surface area contributed by atoms with E-state index in [1.165, 1.54) is 6.92 Å². The molecule has 0 radical (unpaired) electrons. The maximum absolute atomic E-state index is 12.3. The van der Waals surface area contributed by atoms with Crippen molar-refractivity contribution in [1.82, 2.24) is 9.97 Å². The summed E-state index contributed by atoms with van der Waals surface area (Å²) in [6.45, 7) is 3.70. The lowest BCUT2D eigenvalue weighted by Gasteiger charge is -2.09. The number of alkyl halides is 3. The summed E-state index contributed by atoms with van der Waals surface area (Å²) in [6, 6.07) is 0. The maximum atomic E-state index is 12.3. The van der Waals surface area contributed by atoms with E-state index in [1.54, 1.807) is 0 Å². The average molecular weight is 205 g/mol. The van der Waals surface area contributed by atoms with E-state index in [0.29, 0.717) is 6.54 Å². The van der Waals surface area contributed by atoms with Gasteiger partial charge in [0, 0.05) is 12.7 Å². The van der Waals surface area contributed by atoms with E-state index in [0.717, 1.165) is 6.20 Å². The van der Waals surface area contributed by atoms with Gasteiger partial charge in [-0.25, -0.2) is 9.97 Å². The molecule has 0 bridgehead atoms. The number of halogens is 3. The van der Waals surface area contributed by atoms with Crippen molar-refractivity contribution in [3.05, 3.63) is 17.5 Å². The molecule has 0 atom stereocenters. The molecule has 0 amide bonds. The van der Waals surface area contributed by atoms with E-state index in [4.69, 9.17) is 0 Å². The minimum atomic E-state index is -4.38. The van der Waals surface area contributed by atoms with Gasteiger partial charge < -0.3 is 5.32 Å². The van der Waals surface area contributed by atoms with E-state index in [2.05, 4.69) is 15.3 Å². The first-order valence-electron chi connectivity index (χ1n) is 4.10. The van der Waals surface area contributed by atoms with Gasteiger partial charge in [-0.1, -0.05) is 0 Å². The fourth-order valence-corrected chi connectivity index (χ4v) is 0.989. The minimum absolute atomic E-state index is 0.0662. The Labute approximate surface area is 79.4 Å². The molecule has 0 aromatic carbocycles. The van der Waals surface area contributed by atoms with Crippen molar-refractivity contribution in [3.63, 3.8) is 0 Å². The molecule has 1 rings (SSSR count). The van der Waals surface area contributed by atoms with Crippen molar-refractivity contribution in [1.29, 1.82) is 0 Å². The summed E-state index contributed by atoms with van der Waals surface area (Å²) < 4.78 is 36.8. The summed E-state index contributed by atoms with van der Waals surface area (Å²) in [6.07, 6.45) is -3.59. The number of rotatable bonds is 2. The van der Waals surface area contributed by atoms with Crippen LogP contribution in [0.5, 0.6) is 0 Å². The molecule has 0 fully saturated rings. The fraction of sp³-hybridized carbons (Fsp3) is 0.500. The summed E-state index contributed by atoms with van der Waals surface area (Å²) in [5, 5.41) is 2.74. The van der Waals surface area contributed by atoms with Gasteiger partial charge in [-0.05, 0) is 13.8 Å². The highest BCUT2D eigenvalue weighted by Crippen LogP contribution is 2.30. The average Bonchev–Trinajstić information content (AvgIpc) is 2.02. The molecule has 0 saturated heterocycles. The highest BCUT2D eigenvalue weighted by molar-refractivity contribution is 5.30. The van der Waals surface area contributed by atoms with Crippen molar-refractivity contribution in [2.45, 2.75) is 20.0 Å². The molecular formula is C8H10F3N3. The molecule has 1 heterocycles. The Morgan fingerprint density at radius 3 is 2.50 bits per heavy atom. The Balaban J connectivity index is 3.02. The Morgan fingerprint density at radius 1 is 1.43 bits per heavy atom. The van der Waals surface area contributed by atoms with Gasteiger partial charge in [0.15, 0.2) is 0 Å². The van der Waals surface area contributed by atoms with Crippen LogP contribution in [0.1, 0.15) is 18.2 Å². The van der Waals surface area contributed by atoms with E-state index in [1.807, 2.05) is 6.92 Å². The molecule has 0 spiro atoms. The Kier molecular flexibility index (Phi) is 2.93.